The Hall–Kier alpha value is -0.610. The van der Waals surface area contributed by atoms with Crippen molar-refractivity contribution in [3.05, 3.63) is 0 Å². The predicted octanol–water partition coefficient (Wildman–Crippen LogP) is 0.600. The molecular weight excluding hydrogens is 170 g/mol. The van der Waals surface area contributed by atoms with Crippen molar-refractivity contribution < 1.29 is 15.0 Å². The molecule has 13 heavy (non-hydrogen) atoms. The maximum atomic E-state index is 10.9. The Morgan fingerprint density at radius 1 is 1.62 bits per heavy atom. The minimum absolute atomic E-state index is 0.308. The van der Waals surface area contributed by atoms with E-state index >= 15 is 0 Å². The molecular formula is C9H19NO3. The molecule has 0 bridgehead atoms. The fraction of sp³-hybridized carbons (Fsp3) is 0.889. The van der Waals surface area contributed by atoms with Crippen LogP contribution in [-0.4, -0.2) is 34.4 Å². The Morgan fingerprint density at radius 2 is 2.15 bits per heavy atom. The summed E-state index contributed by atoms with van der Waals surface area (Å²) in [5.41, 5.74) is -0.911. The van der Waals surface area contributed by atoms with E-state index in [4.69, 9.17) is 10.2 Å². The van der Waals surface area contributed by atoms with Crippen LogP contribution in [0.5, 0.6) is 0 Å². The van der Waals surface area contributed by atoms with Crippen LogP contribution in [0.3, 0.4) is 0 Å². The summed E-state index contributed by atoms with van der Waals surface area (Å²) >= 11 is 0. The molecule has 0 aromatic carbocycles. The molecule has 0 spiro atoms. The van der Waals surface area contributed by atoms with Gasteiger partial charge in [0.05, 0.1) is 6.10 Å². The Balaban J connectivity index is 4.16. The molecule has 4 nitrogen and oxygen atoms in total. The van der Waals surface area contributed by atoms with Gasteiger partial charge in [0.15, 0.2) is 0 Å². The topological polar surface area (TPSA) is 69.6 Å². The summed E-state index contributed by atoms with van der Waals surface area (Å²) in [4.78, 5) is 10.9. The van der Waals surface area contributed by atoms with E-state index in [0.29, 0.717) is 13.0 Å². The zero-order chi connectivity index (χ0) is 10.5. The van der Waals surface area contributed by atoms with Crippen LogP contribution in [0.1, 0.15) is 33.6 Å². The molecule has 3 N–H and O–H groups in total. The number of aliphatic hydroxyl groups is 1. The average Bonchev–Trinajstić information content (AvgIpc) is 2.01. The lowest BCUT2D eigenvalue weighted by atomic mass is 9.96. The summed E-state index contributed by atoms with van der Waals surface area (Å²) in [6, 6.07) is 0. The van der Waals surface area contributed by atoms with Crippen LogP contribution in [0.15, 0.2) is 0 Å². The third kappa shape index (κ3) is 4.24. The van der Waals surface area contributed by atoms with E-state index in [2.05, 4.69) is 5.32 Å². The van der Waals surface area contributed by atoms with Gasteiger partial charge in [-0.1, -0.05) is 13.3 Å². The summed E-state index contributed by atoms with van der Waals surface area (Å²) in [5, 5.41) is 20.8. The van der Waals surface area contributed by atoms with Gasteiger partial charge >= 0.3 is 5.97 Å². The number of aliphatic hydroxyl groups excluding tert-OH is 1. The molecule has 0 rings (SSSR count). The van der Waals surface area contributed by atoms with Gasteiger partial charge in [0.1, 0.15) is 5.54 Å². The second kappa shape index (κ2) is 5.19. The van der Waals surface area contributed by atoms with E-state index in [1.807, 2.05) is 6.92 Å². The first-order chi connectivity index (χ1) is 5.92. The first-order valence-electron chi connectivity index (χ1n) is 4.59. The van der Waals surface area contributed by atoms with Crippen molar-refractivity contribution in [2.45, 2.75) is 45.3 Å². The molecule has 2 unspecified atom stereocenters. The molecule has 0 amide bonds. The monoisotopic (exact) mass is 189 g/mol. The Kier molecular flexibility index (Phi) is 4.95. The van der Waals surface area contributed by atoms with Crippen LogP contribution in [0, 0.1) is 0 Å². The van der Waals surface area contributed by atoms with Crippen molar-refractivity contribution in [3.63, 3.8) is 0 Å². The van der Waals surface area contributed by atoms with Crippen LogP contribution >= 0.6 is 0 Å². The highest BCUT2D eigenvalue weighted by Gasteiger charge is 2.31. The molecule has 0 heterocycles. The van der Waals surface area contributed by atoms with Crippen molar-refractivity contribution in [3.8, 4) is 0 Å². The number of carboxylic acids is 1. The van der Waals surface area contributed by atoms with Crippen molar-refractivity contribution in [2.75, 3.05) is 6.54 Å². The van der Waals surface area contributed by atoms with Crippen molar-refractivity contribution >= 4 is 5.97 Å². The molecule has 0 aromatic rings. The van der Waals surface area contributed by atoms with E-state index in [1.165, 1.54) is 0 Å². The lowest BCUT2D eigenvalue weighted by molar-refractivity contribution is -0.144. The second-order valence-corrected chi connectivity index (χ2v) is 3.62. The lowest BCUT2D eigenvalue weighted by Crippen LogP contribution is -2.51. The summed E-state index contributed by atoms with van der Waals surface area (Å²) in [5.74, 6) is -0.866. The third-order valence-corrected chi connectivity index (χ3v) is 2.01. The maximum absolute atomic E-state index is 10.9. The normalized spacial score (nSPS) is 17.8. The van der Waals surface area contributed by atoms with E-state index in [0.717, 1.165) is 6.42 Å². The molecule has 0 aromatic heterocycles. The minimum Gasteiger partial charge on any atom is -0.480 e. The van der Waals surface area contributed by atoms with E-state index in [1.54, 1.807) is 13.8 Å². The fourth-order valence-corrected chi connectivity index (χ4v) is 1.14. The highest BCUT2D eigenvalue weighted by molar-refractivity contribution is 5.78. The Bertz CT molecular complexity index is 170. The van der Waals surface area contributed by atoms with Crippen LogP contribution in [0.4, 0.5) is 0 Å². The van der Waals surface area contributed by atoms with Crippen molar-refractivity contribution in [2.24, 2.45) is 0 Å². The van der Waals surface area contributed by atoms with Crippen LogP contribution in [0.2, 0.25) is 0 Å². The Labute approximate surface area is 79.0 Å². The zero-order valence-corrected chi connectivity index (χ0v) is 8.50. The van der Waals surface area contributed by atoms with Gasteiger partial charge in [-0.2, -0.15) is 0 Å². The number of nitrogens with one attached hydrogen (secondary N) is 1. The van der Waals surface area contributed by atoms with Crippen molar-refractivity contribution in [1.29, 1.82) is 0 Å². The molecule has 2 atom stereocenters. The standard InChI is InChI=1S/C9H19NO3/c1-4-5-9(3,8(12)13)10-6-7(2)11/h7,10-11H,4-6H2,1-3H3,(H,12,13). The number of aliphatic carboxylic acids is 1. The van der Waals surface area contributed by atoms with Gasteiger partial charge in [0.25, 0.3) is 0 Å². The predicted molar refractivity (Wildman–Crippen MR) is 50.6 cm³/mol. The zero-order valence-electron chi connectivity index (χ0n) is 8.50. The smallest absolute Gasteiger partial charge is 0.323 e. The number of hydrogen-bond donors (Lipinski definition) is 3. The van der Waals surface area contributed by atoms with Crippen molar-refractivity contribution in [1.82, 2.24) is 5.32 Å². The van der Waals surface area contributed by atoms with Gasteiger partial charge in [0, 0.05) is 6.54 Å². The third-order valence-electron chi connectivity index (χ3n) is 2.01. The molecule has 0 radical (unpaired) electrons. The summed E-state index contributed by atoms with van der Waals surface area (Å²) in [7, 11) is 0. The van der Waals surface area contributed by atoms with Gasteiger partial charge in [-0.05, 0) is 20.3 Å². The van der Waals surface area contributed by atoms with Crippen LogP contribution in [0.25, 0.3) is 0 Å². The first-order valence-corrected chi connectivity index (χ1v) is 4.59. The molecule has 0 aliphatic rings. The van der Waals surface area contributed by atoms with Crippen LogP contribution < -0.4 is 5.32 Å². The average molecular weight is 189 g/mol. The Morgan fingerprint density at radius 3 is 2.46 bits per heavy atom. The summed E-state index contributed by atoms with van der Waals surface area (Å²) in [6.45, 7) is 5.51. The van der Waals surface area contributed by atoms with Gasteiger partial charge in [-0.25, -0.2) is 0 Å². The number of β-amino-alcohol motifs (C(OH)–C–C–N with tert-alkyl or cyclic N) is 1. The largest absolute Gasteiger partial charge is 0.480 e. The summed E-state index contributed by atoms with van der Waals surface area (Å²) < 4.78 is 0. The van der Waals surface area contributed by atoms with E-state index in [9.17, 15) is 4.79 Å². The number of hydrogen-bond acceptors (Lipinski definition) is 3. The molecule has 0 aliphatic carbocycles. The fourth-order valence-electron chi connectivity index (χ4n) is 1.14. The quantitative estimate of drug-likeness (QED) is 0.572. The highest BCUT2D eigenvalue weighted by Crippen LogP contribution is 2.12. The second-order valence-electron chi connectivity index (χ2n) is 3.62. The molecule has 0 aliphatic heterocycles. The minimum atomic E-state index is -0.911. The number of carbonyl (C=O) groups is 1. The molecule has 0 fully saturated rings. The van der Waals surface area contributed by atoms with Crippen LogP contribution in [-0.2, 0) is 4.79 Å². The number of carboxylic acid groups (broad SMARTS) is 1. The van der Waals surface area contributed by atoms with Gasteiger partial charge in [-0.15, -0.1) is 0 Å². The van der Waals surface area contributed by atoms with E-state index < -0.39 is 17.6 Å². The number of rotatable bonds is 6. The maximum Gasteiger partial charge on any atom is 0.323 e. The van der Waals surface area contributed by atoms with Gasteiger partial charge in [-0.3, -0.25) is 10.1 Å². The summed E-state index contributed by atoms with van der Waals surface area (Å²) in [6.07, 6.45) is 0.848. The molecule has 4 heteroatoms. The van der Waals surface area contributed by atoms with Gasteiger partial charge in [0.2, 0.25) is 0 Å². The molecule has 78 valence electrons. The van der Waals surface area contributed by atoms with Gasteiger partial charge < -0.3 is 10.2 Å². The lowest BCUT2D eigenvalue weighted by Gasteiger charge is -2.26. The molecule has 0 saturated carbocycles. The highest BCUT2D eigenvalue weighted by atomic mass is 16.4. The molecule has 0 saturated heterocycles. The van der Waals surface area contributed by atoms with E-state index in [-0.39, 0.29) is 0 Å². The first kappa shape index (κ1) is 12.4. The SMILES string of the molecule is CCCC(C)(NCC(C)O)C(=O)O.